The van der Waals surface area contributed by atoms with Gasteiger partial charge in [-0.2, -0.15) is 0 Å². The predicted octanol–water partition coefficient (Wildman–Crippen LogP) is 4.66. The molecule has 11 heteroatoms. The highest BCUT2D eigenvalue weighted by molar-refractivity contribution is 8.00. The number of nitrogens with zero attached hydrogens (tertiary/aromatic N) is 4. The SMILES string of the molecule is O=C(Nc1nnc(SCc2cccs2)s1)C1CCN(c2ccccc2[N+](=O)[O-])CC1. The van der Waals surface area contributed by atoms with Crippen molar-refractivity contribution in [2.45, 2.75) is 22.9 Å². The predicted molar refractivity (Wildman–Crippen MR) is 120 cm³/mol. The molecule has 1 fully saturated rings. The molecule has 2 aromatic heterocycles. The Bertz CT molecular complexity index is 1020. The van der Waals surface area contributed by atoms with Crippen LogP contribution in [-0.2, 0) is 10.5 Å². The third-order valence-corrected chi connectivity index (χ3v) is 7.92. The maximum atomic E-state index is 12.6. The van der Waals surface area contributed by atoms with Crippen LogP contribution < -0.4 is 10.2 Å². The van der Waals surface area contributed by atoms with Gasteiger partial charge in [0.15, 0.2) is 4.34 Å². The van der Waals surface area contributed by atoms with E-state index in [9.17, 15) is 14.9 Å². The van der Waals surface area contributed by atoms with Crippen molar-refractivity contribution < 1.29 is 9.72 Å². The van der Waals surface area contributed by atoms with E-state index in [2.05, 4.69) is 21.6 Å². The average molecular weight is 462 g/mol. The molecule has 1 amide bonds. The first-order valence-corrected chi connectivity index (χ1v) is 12.1. The number of piperidine rings is 1. The monoisotopic (exact) mass is 461 g/mol. The number of aromatic nitrogens is 2. The summed E-state index contributed by atoms with van der Waals surface area (Å²) in [5, 5.41) is 24.9. The molecule has 3 aromatic rings. The Morgan fingerprint density at radius 1 is 1.23 bits per heavy atom. The normalized spacial score (nSPS) is 14.6. The topological polar surface area (TPSA) is 101 Å². The van der Waals surface area contributed by atoms with E-state index in [0.717, 1.165) is 10.1 Å². The first kappa shape index (κ1) is 20.8. The molecule has 8 nitrogen and oxygen atoms in total. The van der Waals surface area contributed by atoms with E-state index >= 15 is 0 Å². The number of para-hydroxylation sites is 2. The fraction of sp³-hybridized carbons (Fsp3) is 0.316. The number of thioether (sulfide) groups is 1. The summed E-state index contributed by atoms with van der Waals surface area (Å²) in [4.78, 5) is 26.8. The maximum Gasteiger partial charge on any atom is 0.292 e. The fourth-order valence-corrected chi connectivity index (χ4v) is 5.85. The van der Waals surface area contributed by atoms with Crippen LogP contribution in [0.5, 0.6) is 0 Å². The number of hydrogen-bond donors (Lipinski definition) is 1. The molecule has 3 heterocycles. The van der Waals surface area contributed by atoms with Crippen molar-refractivity contribution >= 4 is 56.8 Å². The number of nitrogens with one attached hydrogen (secondary N) is 1. The van der Waals surface area contributed by atoms with Crippen LogP contribution in [0.4, 0.5) is 16.5 Å². The second kappa shape index (κ2) is 9.54. The Morgan fingerprint density at radius 2 is 2.03 bits per heavy atom. The van der Waals surface area contributed by atoms with Gasteiger partial charge in [-0.05, 0) is 30.4 Å². The van der Waals surface area contributed by atoms with E-state index in [1.807, 2.05) is 16.3 Å². The number of rotatable bonds is 7. The standard InChI is InChI=1S/C19H19N5O3S3/c25-17(20-18-21-22-19(30-18)29-12-14-4-3-11-28-14)13-7-9-23(10-8-13)15-5-1-2-6-16(15)24(26)27/h1-6,11,13H,7-10,12H2,(H,20,21,25). The zero-order valence-electron chi connectivity index (χ0n) is 15.9. The lowest BCUT2D eigenvalue weighted by Gasteiger charge is -2.32. The molecule has 0 aliphatic carbocycles. The third kappa shape index (κ3) is 4.97. The molecule has 156 valence electrons. The fourth-order valence-electron chi connectivity index (χ4n) is 3.32. The summed E-state index contributed by atoms with van der Waals surface area (Å²) in [5.41, 5.74) is 0.708. The molecular weight excluding hydrogens is 442 g/mol. The number of nitro groups is 1. The number of anilines is 2. The number of thiophene rings is 1. The van der Waals surface area contributed by atoms with Gasteiger partial charge in [-0.15, -0.1) is 21.5 Å². The molecule has 0 atom stereocenters. The first-order chi connectivity index (χ1) is 14.6. The van der Waals surface area contributed by atoms with Crippen molar-refractivity contribution in [3.8, 4) is 0 Å². The van der Waals surface area contributed by atoms with Crippen molar-refractivity contribution in [3.05, 3.63) is 56.8 Å². The number of hydrogen-bond acceptors (Lipinski definition) is 9. The van der Waals surface area contributed by atoms with Crippen molar-refractivity contribution in [1.29, 1.82) is 0 Å². The van der Waals surface area contributed by atoms with Crippen LogP contribution in [0.25, 0.3) is 0 Å². The minimum atomic E-state index is -0.363. The Balaban J connectivity index is 1.29. The lowest BCUT2D eigenvalue weighted by Crippen LogP contribution is -2.38. The van der Waals surface area contributed by atoms with Gasteiger partial charge in [0, 0.05) is 35.7 Å². The van der Waals surface area contributed by atoms with Gasteiger partial charge in [0.25, 0.3) is 5.69 Å². The Morgan fingerprint density at radius 3 is 2.77 bits per heavy atom. The van der Waals surface area contributed by atoms with Gasteiger partial charge in [0.05, 0.1) is 4.92 Å². The molecule has 0 radical (unpaired) electrons. The molecule has 1 aliphatic heterocycles. The van der Waals surface area contributed by atoms with E-state index in [1.54, 1.807) is 41.3 Å². The number of carbonyl (C=O) groups is 1. The van der Waals surface area contributed by atoms with Gasteiger partial charge in [0.1, 0.15) is 5.69 Å². The lowest BCUT2D eigenvalue weighted by molar-refractivity contribution is -0.384. The molecule has 0 unspecified atom stereocenters. The van der Waals surface area contributed by atoms with E-state index in [4.69, 9.17) is 0 Å². The molecule has 0 bridgehead atoms. The smallest absolute Gasteiger partial charge is 0.292 e. The quantitative estimate of drug-likeness (QED) is 0.236. The van der Waals surface area contributed by atoms with Crippen LogP contribution in [0.2, 0.25) is 0 Å². The molecule has 1 aliphatic rings. The Kier molecular flexibility index (Phi) is 6.60. The van der Waals surface area contributed by atoms with Gasteiger partial charge >= 0.3 is 0 Å². The summed E-state index contributed by atoms with van der Waals surface area (Å²) >= 11 is 4.69. The Labute approximate surface area is 185 Å². The largest absolute Gasteiger partial charge is 0.366 e. The van der Waals surface area contributed by atoms with E-state index < -0.39 is 0 Å². The second-order valence-corrected chi connectivity index (χ2v) is 9.97. The van der Waals surface area contributed by atoms with E-state index in [-0.39, 0.29) is 22.4 Å². The summed E-state index contributed by atoms with van der Waals surface area (Å²) in [6.07, 6.45) is 1.27. The number of amides is 1. The molecule has 4 rings (SSSR count). The number of benzene rings is 1. The van der Waals surface area contributed by atoms with Gasteiger partial charge < -0.3 is 10.2 Å². The van der Waals surface area contributed by atoms with Crippen LogP contribution in [0.3, 0.4) is 0 Å². The molecule has 0 saturated carbocycles. The highest BCUT2D eigenvalue weighted by Gasteiger charge is 2.28. The minimum absolute atomic E-state index is 0.0665. The zero-order chi connectivity index (χ0) is 20.9. The van der Waals surface area contributed by atoms with Crippen molar-refractivity contribution in [1.82, 2.24) is 10.2 Å². The molecule has 1 saturated heterocycles. The lowest BCUT2D eigenvalue weighted by atomic mass is 9.95. The van der Waals surface area contributed by atoms with Crippen LogP contribution in [0.15, 0.2) is 46.1 Å². The van der Waals surface area contributed by atoms with Gasteiger partial charge in [-0.3, -0.25) is 14.9 Å². The molecule has 1 aromatic carbocycles. The first-order valence-electron chi connectivity index (χ1n) is 9.38. The summed E-state index contributed by atoms with van der Waals surface area (Å²) in [7, 11) is 0. The van der Waals surface area contributed by atoms with Crippen molar-refractivity contribution in [2.24, 2.45) is 5.92 Å². The van der Waals surface area contributed by atoms with Crippen molar-refractivity contribution in [2.75, 3.05) is 23.3 Å². The van der Waals surface area contributed by atoms with Crippen LogP contribution >= 0.6 is 34.4 Å². The molecule has 0 spiro atoms. The van der Waals surface area contributed by atoms with Gasteiger partial charge in [-0.1, -0.05) is 41.3 Å². The molecular formula is C19H19N5O3S3. The highest BCUT2D eigenvalue weighted by Crippen LogP contribution is 2.32. The van der Waals surface area contributed by atoms with Gasteiger partial charge in [-0.25, -0.2) is 0 Å². The van der Waals surface area contributed by atoms with E-state index in [0.29, 0.717) is 36.8 Å². The van der Waals surface area contributed by atoms with Gasteiger partial charge in [0.2, 0.25) is 11.0 Å². The van der Waals surface area contributed by atoms with E-state index in [1.165, 1.54) is 22.3 Å². The zero-order valence-corrected chi connectivity index (χ0v) is 18.3. The summed E-state index contributed by atoms with van der Waals surface area (Å²) in [6, 6.07) is 10.8. The molecule has 1 N–H and O–H groups in total. The maximum absolute atomic E-state index is 12.6. The average Bonchev–Trinajstić information content (AvgIpc) is 3.44. The highest BCUT2D eigenvalue weighted by atomic mass is 32.2. The van der Waals surface area contributed by atoms with Crippen molar-refractivity contribution in [3.63, 3.8) is 0 Å². The third-order valence-electron chi connectivity index (χ3n) is 4.84. The number of nitro benzene ring substituents is 1. The summed E-state index contributed by atoms with van der Waals surface area (Å²) < 4.78 is 0.824. The van der Waals surface area contributed by atoms with Crippen LogP contribution in [0.1, 0.15) is 17.7 Å². The molecule has 30 heavy (non-hydrogen) atoms. The Hall–Kier alpha value is -2.50. The summed E-state index contributed by atoms with van der Waals surface area (Å²) in [6.45, 7) is 1.20. The number of carbonyl (C=O) groups excluding carboxylic acids is 1. The summed E-state index contributed by atoms with van der Waals surface area (Å²) in [5.74, 6) is 0.628. The minimum Gasteiger partial charge on any atom is -0.366 e. The second-order valence-electron chi connectivity index (χ2n) is 6.74. The van der Waals surface area contributed by atoms with Crippen LogP contribution in [0, 0.1) is 16.0 Å². The van der Waals surface area contributed by atoms with Crippen LogP contribution in [-0.4, -0.2) is 34.1 Å².